The number of hydrogen-bond donors (Lipinski definition) is 1. The van der Waals surface area contributed by atoms with Crippen LogP contribution >= 0.6 is 24.0 Å². The van der Waals surface area contributed by atoms with Crippen LogP contribution in [0.4, 0.5) is 5.69 Å². The standard InChI is InChI=1S/C14H16N2O2S2/c1-3-11-13(18)16(14(19)20-11)8-12(17)15-10-6-4-9(2)5-7-10/h4-7,11H,3,8H2,1-2H3,(H,15,17). The largest absolute Gasteiger partial charge is 0.325 e. The van der Waals surface area contributed by atoms with Crippen molar-refractivity contribution in [1.82, 2.24) is 4.90 Å². The molecule has 1 unspecified atom stereocenters. The van der Waals surface area contributed by atoms with Gasteiger partial charge in [0.05, 0.1) is 5.25 Å². The second-order valence-corrected chi connectivity index (χ2v) is 6.46. The van der Waals surface area contributed by atoms with E-state index in [0.29, 0.717) is 4.32 Å². The Bertz CT molecular complexity index is 543. The molecule has 1 atom stereocenters. The van der Waals surface area contributed by atoms with Crippen molar-refractivity contribution in [3.8, 4) is 0 Å². The summed E-state index contributed by atoms with van der Waals surface area (Å²) < 4.78 is 0.487. The maximum Gasteiger partial charge on any atom is 0.244 e. The van der Waals surface area contributed by atoms with E-state index in [1.807, 2.05) is 38.1 Å². The fourth-order valence-corrected chi connectivity index (χ4v) is 3.30. The fourth-order valence-electron chi connectivity index (χ4n) is 1.88. The highest BCUT2D eigenvalue weighted by Crippen LogP contribution is 2.29. The molecule has 6 heteroatoms. The van der Waals surface area contributed by atoms with Gasteiger partial charge in [0.25, 0.3) is 0 Å². The number of thioether (sulfide) groups is 1. The van der Waals surface area contributed by atoms with Crippen molar-refractivity contribution >= 4 is 45.8 Å². The summed E-state index contributed by atoms with van der Waals surface area (Å²) in [7, 11) is 0. The summed E-state index contributed by atoms with van der Waals surface area (Å²) in [6.45, 7) is 3.90. The molecule has 1 fully saturated rings. The zero-order valence-corrected chi connectivity index (χ0v) is 13.0. The summed E-state index contributed by atoms with van der Waals surface area (Å²) in [5, 5.41) is 2.62. The molecule has 1 aromatic rings. The summed E-state index contributed by atoms with van der Waals surface area (Å²) >= 11 is 6.51. The van der Waals surface area contributed by atoms with E-state index < -0.39 is 0 Å². The lowest BCUT2D eigenvalue weighted by Crippen LogP contribution is -2.38. The summed E-state index contributed by atoms with van der Waals surface area (Å²) in [6.07, 6.45) is 0.722. The SMILES string of the molecule is CCC1SC(=S)N(CC(=O)Nc2ccc(C)cc2)C1=O. The van der Waals surface area contributed by atoms with Crippen LogP contribution in [0.3, 0.4) is 0 Å². The lowest BCUT2D eigenvalue weighted by Gasteiger charge is -2.15. The van der Waals surface area contributed by atoms with Gasteiger partial charge in [-0.05, 0) is 25.5 Å². The second kappa shape index (κ2) is 6.37. The van der Waals surface area contributed by atoms with E-state index in [-0.39, 0.29) is 23.6 Å². The first-order valence-corrected chi connectivity index (χ1v) is 7.68. The molecule has 0 radical (unpaired) electrons. The first kappa shape index (κ1) is 15.0. The molecular weight excluding hydrogens is 292 g/mol. The van der Waals surface area contributed by atoms with Crippen LogP contribution < -0.4 is 5.32 Å². The minimum atomic E-state index is -0.234. The molecule has 1 aromatic carbocycles. The van der Waals surface area contributed by atoms with Gasteiger partial charge in [0, 0.05) is 5.69 Å². The lowest BCUT2D eigenvalue weighted by atomic mass is 10.2. The second-order valence-electron chi connectivity index (χ2n) is 4.62. The number of nitrogens with one attached hydrogen (secondary N) is 1. The predicted octanol–water partition coefficient (Wildman–Crippen LogP) is 2.57. The van der Waals surface area contributed by atoms with Crippen LogP contribution in [0.15, 0.2) is 24.3 Å². The van der Waals surface area contributed by atoms with E-state index in [2.05, 4.69) is 5.32 Å². The van der Waals surface area contributed by atoms with Crippen LogP contribution in [0.25, 0.3) is 0 Å². The van der Waals surface area contributed by atoms with Gasteiger partial charge < -0.3 is 5.32 Å². The summed E-state index contributed by atoms with van der Waals surface area (Å²) in [4.78, 5) is 25.4. The van der Waals surface area contributed by atoms with E-state index in [9.17, 15) is 9.59 Å². The highest BCUT2D eigenvalue weighted by atomic mass is 32.2. The molecule has 4 nitrogen and oxygen atoms in total. The molecule has 1 N–H and O–H groups in total. The number of rotatable bonds is 4. The van der Waals surface area contributed by atoms with E-state index in [4.69, 9.17) is 12.2 Å². The van der Waals surface area contributed by atoms with Gasteiger partial charge in [-0.1, -0.05) is 48.6 Å². The monoisotopic (exact) mass is 308 g/mol. The number of amides is 2. The molecular formula is C14H16N2O2S2. The van der Waals surface area contributed by atoms with Gasteiger partial charge in [-0.2, -0.15) is 0 Å². The normalized spacial score (nSPS) is 18.5. The summed E-state index contributed by atoms with van der Waals surface area (Å²) in [6, 6.07) is 7.51. The Kier molecular flexibility index (Phi) is 4.77. The van der Waals surface area contributed by atoms with E-state index >= 15 is 0 Å². The minimum absolute atomic E-state index is 0.0188. The van der Waals surface area contributed by atoms with Gasteiger partial charge in [0.1, 0.15) is 10.9 Å². The molecule has 0 saturated carbocycles. The number of carbonyl (C=O) groups excluding carboxylic acids is 2. The van der Waals surface area contributed by atoms with Gasteiger partial charge in [-0.25, -0.2) is 0 Å². The molecule has 106 valence electrons. The van der Waals surface area contributed by atoms with Gasteiger partial charge in [0.2, 0.25) is 11.8 Å². The molecule has 2 rings (SSSR count). The Labute approximate surface area is 127 Å². The third kappa shape index (κ3) is 3.37. The first-order valence-electron chi connectivity index (χ1n) is 6.39. The fraction of sp³-hybridized carbons (Fsp3) is 0.357. The Balaban J connectivity index is 1.96. The van der Waals surface area contributed by atoms with Crippen molar-refractivity contribution in [1.29, 1.82) is 0 Å². The smallest absolute Gasteiger partial charge is 0.244 e. The number of anilines is 1. The number of aryl methyl sites for hydroxylation is 1. The minimum Gasteiger partial charge on any atom is -0.325 e. The van der Waals surface area contributed by atoms with Crippen LogP contribution in [0.2, 0.25) is 0 Å². The zero-order valence-electron chi connectivity index (χ0n) is 11.4. The highest BCUT2D eigenvalue weighted by Gasteiger charge is 2.36. The number of nitrogens with zero attached hydrogens (tertiary/aromatic N) is 1. The predicted molar refractivity (Wildman–Crippen MR) is 85.8 cm³/mol. The van der Waals surface area contributed by atoms with Gasteiger partial charge in [-0.3, -0.25) is 14.5 Å². The van der Waals surface area contributed by atoms with Crippen molar-refractivity contribution in [3.05, 3.63) is 29.8 Å². The average molecular weight is 308 g/mol. The van der Waals surface area contributed by atoms with E-state index in [1.54, 1.807) is 0 Å². The van der Waals surface area contributed by atoms with Crippen LogP contribution in [-0.4, -0.2) is 32.8 Å². The van der Waals surface area contributed by atoms with Crippen LogP contribution in [0.5, 0.6) is 0 Å². The van der Waals surface area contributed by atoms with Crippen LogP contribution in [0, 0.1) is 6.92 Å². The molecule has 0 bridgehead atoms. The molecule has 0 aromatic heterocycles. The number of thiocarbonyl (C=S) groups is 1. The average Bonchev–Trinajstić information content (AvgIpc) is 2.69. The van der Waals surface area contributed by atoms with Crippen molar-refractivity contribution in [2.24, 2.45) is 0 Å². The Morgan fingerprint density at radius 2 is 2.05 bits per heavy atom. The van der Waals surface area contributed by atoms with Crippen molar-refractivity contribution in [3.63, 3.8) is 0 Å². The summed E-state index contributed by atoms with van der Waals surface area (Å²) in [5.41, 5.74) is 1.85. The van der Waals surface area contributed by atoms with Crippen molar-refractivity contribution in [2.45, 2.75) is 25.5 Å². The third-order valence-corrected chi connectivity index (χ3v) is 4.76. The molecule has 0 aliphatic carbocycles. The molecule has 20 heavy (non-hydrogen) atoms. The van der Waals surface area contributed by atoms with Crippen LogP contribution in [0.1, 0.15) is 18.9 Å². The molecule has 0 spiro atoms. The zero-order chi connectivity index (χ0) is 14.7. The molecule has 1 saturated heterocycles. The van der Waals surface area contributed by atoms with E-state index in [1.165, 1.54) is 16.7 Å². The Morgan fingerprint density at radius 3 is 2.60 bits per heavy atom. The lowest BCUT2D eigenvalue weighted by molar-refractivity contribution is -0.129. The van der Waals surface area contributed by atoms with Gasteiger partial charge in [0.15, 0.2) is 0 Å². The van der Waals surface area contributed by atoms with Crippen molar-refractivity contribution in [2.75, 3.05) is 11.9 Å². The Hall–Kier alpha value is -1.40. The molecule has 2 amide bonds. The van der Waals surface area contributed by atoms with Gasteiger partial charge in [-0.15, -0.1) is 0 Å². The molecule has 1 aliphatic heterocycles. The third-order valence-electron chi connectivity index (χ3n) is 3.01. The molecule has 1 aliphatic rings. The first-order chi connectivity index (χ1) is 9.51. The topological polar surface area (TPSA) is 49.4 Å². The molecule has 1 heterocycles. The van der Waals surface area contributed by atoms with Crippen LogP contribution in [-0.2, 0) is 9.59 Å². The maximum absolute atomic E-state index is 12.0. The number of hydrogen-bond acceptors (Lipinski definition) is 4. The highest BCUT2D eigenvalue weighted by molar-refractivity contribution is 8.24. The van der Waals surface area contributed by atoms with Crippen molar-refractivity contribution < 1.29 is 9.59 Å². The number of benzene rings is 1. The quantitative estimate of drug-likeness (QED) is 0.869. The van der Waals surface area contributed by atoms with E-state index in [0.717, 1.165) is 17.7 Å². The Morgan fingerprint density at radius 1 is 1.40 bits per heavy atom. The summed E-state index contributed by atoms with van der Waals surface area (Å²) in [5.74, 6) is -0.302. The maximum atomic E-state index is 12.0. The van der Waals surface area contributed by atoms with Gasteiger partial charge >= 0.3 is 0 Å². The number of carbonyl (C=O) groups is 2.